The van der Waals surface area contributed by atoms with Gasteiger partial charge in [0.1, 0.15) is 11.8 Å². The van der Waals surface area contributed by atoms with E-state index >= 15 is 0 Å². The molecule has 41 heavy (non-hydrogen) atoms. The lowest BCUT2D eigenvalue weighted by Crippen LogP contribution is -2.62. The van der Waals surface area contributed by atoms with Gasteiger partial charge in [-0.05, 0) is 86.1 Å². The Morgan fingerprint density at radius 3 is 2.63 bits per heavy atom. The molecule has 8 rings (SSSR count). The minimum atomic E-state index is -0.116. The number of rotatable bonds is 4. The topological polar surface area (TPSA) is 61.0 Å². The molecule has 2 fully saturated rings. The van der Waals surface area contributed by atoms with Crippen molar-refractivity contribution in [3.8, 4) is 11.5 Å². The number of H-pyrrole nitrogens is 1. The zero-order valence-electron chi connectivity index (χ0n) is 24.0. The predicted octanol–water partition coefficient (Wildman–Crippen LogP) is 4.75. The molecule has 2 bridgehead atoms. The highest BCUT2D eigenvalue weighted by atomic mass is 35.5. The first-order valence-corrected chi connectivity index (χ1v) is 15.3. The molecule has 2 aromatic carbocycles. The molecular weight excluding hydrogens is 536 g/mol. The Morgan fingerprint density at radius 1 is 1.10 bits per heavy atom. The number of fused-ring (bicyclic) bond motifs is 2. The van der Waals surface area contributed by atoms with Gasteiger partial charge in [0.2, 0.25) is 0 Å². The van der Waals surface area contributed by atoms with E-state index in [1.807, 2.05) is 17.0 Å². The van der Waals surface area contributed by atoms with Crippen molar-refractivity contribution in [2.24, 2.45) is 5.92 Å². The van der Waals surface area contributed by atoms with Gasteiger partial charge in [-0.3, -0.25) is 9.69 Å². The fraction of sp³-hybridized carbons (Fsp3) is 0.485. The van der Waals surface area contributed by atoms with E-state index in [1.54, 1.807) is 7.11 Å². The molecule has 214 valence electrons. The molecular formula is C33H37ClN4O3. The molecule has 1 spiro atoms. The third kappa shape index (κ3) is 3.61. The van der Waals surface area contributed by atoms with Crippen molar-refractivity contribution < 1.29 is 14.3 Å². The minimum Gasteiger partial charge on any atom is -0.493 e. The molecule has 3 aliphatic heterocycles. The number of carbonyl (C=O) groups excluding carboxylic acids is 1. The maximum atomic E-state index is 14.0. The van der Waals surface area contributed by atoms with Gasteiger partial charge in [-0.1, -0.05) is 29.8 Å². The number of nitrogens with zero attached hydrogens (tertiary/aromatic N) is 3. The number of benzene rings is 2. The van der Waals surface area contributed by atoms with Crippen molar-refractivity contribution in [2.75, 3.05) is 46.9 Å². The van der Waals surface area contributed by atoms with Gasteiger partial charge in [-0.15, -0.1) is 0 Å². The van der Waals surface area contributed by atoms with Gasteiger partial charge in [0.15, 0.2) is 11.5 Å². The van der Waals surface area contributed by atoms with E-state index in [-0.39, 0.29) is 17.4 Å². The summed E-state index contributed by atoms with van der Waals surface area (Å²) in [5.41, 5.74) is 8.18. The molecule has 1 aromatic heterocycles. The Labute approximate surface area is 246 Å². The van der Waals surface area contributed by atoms with Gasteiger partial charge < -0.3 is 24.3 Å². The Hall–Kier alpha value is -3.00. The number of carbonyl (C=O) groups is 1. The number of aromatic nitrogens is 1. The maximum Gasteiger partial charge on any atom is 0.270 e. The summed E-state index contributed by atoms with van der Waals surface area (Å²) in [6.07, 6.45) is 2.95. The van der Waals surface area contributed by atoms with Crippen LogP contribution in [-0.2, 0) is 24.8 Å². The van der Waals surface area contributed by atoms with Gasteiger partial charge in [0.05, 0.1) is 12.8 Å². The normalized spacial score (nSPS) is 28.2. The SMILES string of the molecule is COc1ccc2c3c1O[C@H]1c4[nH]c(C(=O)N5CCN(Cc6ccc(Cl)cc6)CC5)c(C)c4CC4[C@@H](C2)N(C)CC[C@@]341. The summed E-state index contributed by atoms with van der Waals surface area (Å²) >= 11 is 6.06. The van der Waals surface area contributed by atoms with Gasteiger partial charge in [-0.25, -0.2) is 0 Å². The number of likely N-dealkylation sites (tertiary alicyclic amines) is 1. The molecule has 4 atom stereocenters. The van der Waals surface area contributed by atoms with E-state index in [2.05, 4.69) is 53.0 Å². The fourth-order valence-electron chi connectivity index (χ4n) is 8.77. The van der Waals surface area contributed by atoms with Crippen molar-refractivity contribution in [1.82, 2.24) is 19.7 Å². The number of ether oxygens (including phenoxy) is 2. The first-order chi connectivity index (χ1) is 19.9. The van der Waals surface area contributed by atoms with Crippen LogP contribution in [0.1, 0.15) is 56.5 Å². The number of aromatic amines is 1. The van der Waals surface area contributed by atoms with Crippen molar-refractivity contribution >= 4 is 17.5 Å². The Balaban J connectivity index is 1.09. The number of methoxy groups -OCH3 is 1. The standard InChI is InChI=1S/C33H37ClN4O3/c1-19-23-17-24-25-16-21-6-9-26(40-3)30-27(21)33(24,10-11-36(25)2)31(41-30)29(23)35-28(19)32(39)38-14-12-37(13-15-38)18-20-4-7-22(34)8-5-20/h4-9,24-25,31,35H,10-18H2,1-3H3/t24?,25-,31+,33+/m1/s1. The second kappa shape index (κ2) is 9.25. The number of halogens is 1. The number of hydrogen-bond donors (Lipinski definition) is 1. The average Bonchev–Trinajstić information content (AvgIpc) is 3.50. The fourth-order valence-corrected chi connectivity index (χ4v) is 8.89. The van der Waals surface area contributed by atoms with E-state index < -0.39 is 0 Å². The van der Waals surface area contributed by atoms with Gasteiger partial charge in [0.25, 0.3) is 5.91 Å². The number of likely N-dealkylation sites (N-methyl/N-ethyl adjacent to an activating group) is 1. The highest BCUT2D eigenvalue weighted by Crippen LogP contribution is 2.67. The smallest absolute Gasteiger partial charge is 0.270 e. The third-order valence-corrected chi connectivity index (χ3v) is 11.1. The summed E-state index contributed by atoms with van der Waals surface area (Å²) in [5.74, 6) is 2.31. The zero-order chi connectivity index (χ0) is 28.0. The molecule has 1 unspecified atom stereocenters. The van der Waals surface area contributed by atoms with Crippen LogP contribution >= 0.6 is 11.6 Å². The lowest BCUT2D eigenvalue weighted by Gasteiger charge is -2.57. The Morgan fingerprint density at radius 2 is 1.88 bits per heavy atom. The average molecular weight is 573 g/mol. The van der Waals surface area contributed by atoms with E-state index in [4.69, 9.17) is 21.1 Å². The highest BCUT2D eigenvalue weighted by molar-refractivity contribution is 6.30. The van der Waals surface area contributed by atoms with E-state index in [0.717, 1.165) is 92.0 Å². The molecule has 1 amide bonds. The maximum absolute atomic E-state index is 14.0. The first kappa shape index (κ1) is 25.7. The van der Waals surface area contributed by atoms with Crippen LogP contribution in [0.25, 0.3) is 0 Å². The van der Waals surface area contributed by atoms with E-state index in [0.29, 0.717) is 12.0 Å². The summed E-state index contributed by atoms with van der Waals surface area (Å²) in [6.45, 7) is 7.22. The quantitative estimate of drug-likeness (QED) is 0.489. The van der Waals surface area contributed by atoms with Gasteiger partial charge in [-0.2, -0.15) is 0 Å². The molecule has 5 aliphatic rings. The summed E-state index contributed by atoms with van der Waals surface area (Å²) in [5, 5.41) is 0.758. The number of piperazine rings is 1. The van der Waals surface area contributed by atoms with E-state index in [1.165, 1.54) is 22.3 Å². The number of amides is 1. The lowest BCUT2D eigenvalue weighted by atomic mass is 9.51. The largest absolute Gasteiger partial charge is 0.493 e. The Kier molecular flexibility index (Phi) is 5.80. The molecule has 0 saturated carbocycles. The molecule has 8 heteroatoms. The monoisotopic (exact) mass is 572 g/mol. The zero-order valence-corrected chi connectivity index (χ0v) is 24.8. The Bertz CT molecular complexity index is 1540. The minimum absolute atomic E-state index is 0.0768. The second-order valence-electron chi connectivity index (χ2n) is 12.7. The summed E-state index contributed by atoms with van der Waals surface area (Å²) < 4.78 is 12.7. The van der Waals surface area contributed by atoms with Crippen LogP contribution in [0.2, 0.25) is 5.02 Å². The summed E-state index contributed by atoms with van der Waals surface area (Å²) in [7, 11) is 4.01. The van der Waals surface area contributed by atoms with Crippen LogP contribution in [0, 0.1) is 12.8 Å². The molecule has 1 N–H and O–H groups in total. The van der Waals surface area contributed by atoms with Crippen LogP contribution in [0.4, 0.5) is 0 Å². The van der Waals surface area contributed by atoms with Crippen LogP contribution in [0.3, 0.4) is 0 Å². The predicted molar refractivity (Wildman–Crippen MR) is 158 cm³/mol. The lowest BCUT2D eigenvalue weighted by molar-refractivity contribution is -0.0256. The second-order valence-corrected chi connectivity index (χ2v) is 13.1. The van der Waals surface area contributed by atoms with Crippen molar-refractivity contribution in [3.63, 3.8) is 0 Å². The van der Waals surface area contributed by atoms with Crippen LogP contribution in [0.5, 0.6) is 11.5 Å². The molecule has 2 saturated heterocycles. The van der Waals surface area contributed by atoms with Crippen LogP contribution < -0.4 is 9.47 Å². The molecule has 3 aromatic rings. The summed E-state index contributed by atoms with van der Waals surface area (Å²) in [6, 6.07) is 12.8. The van der Waals surface area contributed by atoms with Crippen molar-refractivity contribution in [1.29, 1.82) is 0 Å². The van der Waals surface area contributed by atoms with Gasteiger partial charge in [0, 0.05) is 54.8 Å². The van der Waals surface area contributed by atoms with Crippen LogP contribution in [-0.4, -0.2) is 78.5 Å². The highest BCUT2D eigenvalue weighted by Gasteiger charge is 2.65. The first-order valence-electron chi connectivity index (χ1n) is 14.9. The number of nitrogens with one attached hydrogen (secondary N) is 1. The van der Waals surface area contributed by atoms with E-state index in [9.17, 15) is 4.79 Å². The number of hydrogen-bond acceptors (Lipinski definition) is 5. The summed E-state index contributed by atoms with van der Waals surface area (Å²) in [4.78, 5) is 24.6. The molecule has 4 heterocycles. The van der Waals surface area contributed by atoms with Crippen LogP contribution in [0.15, 0.2) is 36.4 Å². The molecule has 7 nitrogen and oxygen atoms in total. The van der Waals surface area contributed by atoms with Crippen molar-refractivity contribution in [3.05, 3.63) is 80.6 Å². The molecule has 0 radical (unpaired) electrons. The number of piperidine rings is 1. The van der Waals surface area contributed by atoms with Gasteiger partial charge >= 0.3 is 0 Å². The van der Waals surface area contributed by atoms with Crippen molar-refractivity contribution in [2.45, 2.75) is 50.3 Å². The molecule has 2 aliphatic carbocycles. The third-order valence-electron chi connectivity index (χ3n) is 10.9.